The van der Waals surface area contributed by atoms with Crippen molar-refractivity contribution >= 4 is 34.8 Å². The Hall–Kier alpha value is -2.30. The molecule has 0 N–H and O–H groups in total. The van der Waals surface area contributed by atoms with E-state index in [4.69, 9.17) is 11.6 Å². The fourth-order valence-electron chi connectivity index (χ4n) is 2.77. The zero-order valence-corrected chi connectivity index (χ0v) is 14.0. The molecule has 1 aliphatic carbocycles. The average Bonchev–Trinajstić information content (AvgIpc) is 3.16. The maximum absolute atomic E-state index is 13.0. The smallest absolute Gasteiger partial charge is 0.189 e. The number of Topliss-reactive ketones (excluding diaryl/α,β-unsaturated/α-hetero) is 1. The third-order valence-electron chi connectivity index (χ3n) is 3.96. The van der Waals surface area contributed by atoms with Gasteiger partial charge in [-0.2, -0.15) is 0 Å². The molecule has 3 aromatic rings. The summed E-state index contributed by atoms with van der Waals surface area (Å²) in [5.41, 5.74) is 3.82. The molecule has 1 heterocycles. The Kier molecular flexibility index (Phi) is 3.79. The van der Waals surface area contributed by atoms with Crippen molar-refractivity contribution in [3.05, 3.63) is 81.1 Å². The number of aromatic nitrogens is 1. The number of carbonyl (C=O) groups is 1. The first-order chi connectivity index (χ1) is 11.6. The molecule has 1 aromatic heterocycles. The molecule has 0 saturated heterocycles. The molecule has 0 atom stereocenters. The normalized spacial score (nSPS) is 15.1. The Labute approximate surface area is 147 Å². The second-order valence-electron chi connectivity index (χ2n) is 5.53. The van der Waals surface area contributed by atoms with E-state index in [1.54, 1.807) is 30.3 Å². The van der Waals surface area contributed by atoms with E-state index >= 15 is 0 Å². The molecule has 0 unspecified atom stereocenters. The molecule has 0 aliphatic heterocycles. The Morgan fingerprint density at radius 3 is 2.71 bits per heavy atom. The molecule has 0 bridgehead atoms. The third-order valence-corrected chi connectivity index (χ3v) is 5.22. The summed E-state index contributed by atoms with van der Waals surface area (Å²) in [5.74, 6) is -0.271. The van der Waals surface area contributed by atoms with Crippen molar-refractivity contribution in [3.8, 4) is 10.6 Å². The number of hydrogen-bond donors (Lipinski definition) is 0. The lowest BCUT2D eigenvalue weighted by Gasteiger charge is -1.97. The minimum atomic E-state index is -0.274. The fraction of sp³-hybridized carbons (Fsp3) is 0.0526. The molecule has 118 valence electrons. The lowest BCUT2D eigenvalue weighted by molar-refractivity contribution is 0.104. The van der Waals surface area contributed by atoms with Crippen LogP contribution in [0.2, 0.25) is 5.02 Å². The molecular weight excluding hydrogens is 345 g/mol. The van der Waals surface area contributed by atoms with E-state index in [0.29, 0.717) is 22.6 Å². The highest BCUT2D eigenvalue weighted by molar-refractivity contribution is 7.13. The van der Waals surface area contributed by atoms with Crippen LogP contribution in [0, 0.1) is 5.82 Å². The maximum Gasteiger partial charge on any atom is 0.189 e. The summed E-state index contributed by atoms with van der Waals surface area (Å²) in [6.45, 7) is 0. The summed E-state index contributed by atoms with van der Waals surface area (Å²) >= 11 is 7.64. The van der Waals surface area contributed by atoms with Crippen LogP contribution in [0.1, 0.15) is 21.6 Å². The van der Waals surface area contributed by atoms with Gasteiger partial charge < -0.3 is 0 Å². The van der Waals surface area contributed by atoms with Gasteiger partial charge in [0.05, 0.1) is 5.69 Å². The molecule has 0 amide bonds. The zero-order chi connectivity index (χ0) is 16.7. The third kappa shape index (κ3) is 2.68. The lowest BCUT2D eigenvalue weighted by atomic mass is 10.1. The molecule has 1 aliphatic rings. The first-order valence-electron chi connectivity index (χ1n) is 7.36. The van der Waals surface area contributed by atoms with Gasteiger partial charge in [-0.15, -0.1) is 11.3 Å². The quantitative estimate of drug-likeness (QED) is 0.574. The van der Waals surface area contributed by atoms with Crippen molar-refractivity contribution in [1.82, 2.24) is 4.98 Å². The second kappa shape index (κ2) is 5.96. The monoisotopic (exact) mass is 355 g/mol. The molecule has 0 fully saturated rings. The molecule has 2 aromatic carbocycles. The van der Waals surface area contributed by atoms with E-state index < -0.39 is 0 Å². The van der Waals surface area contributed by atoms with Crippen molar-refractivity contribution in [2.75, 3.05) is 0 Å². The average molecular weight is 356 g/mol. The van der Waals surface area contributed by atoms with Gasteiger partial charge in [-0.25, -0.2) is 9.37 Å². The van der Waals surface area contributed by atoms with Crippen LogP contribution < -0.4 is 0 Å². The van der Waals surface area contributed by atoms with E-state index in [-0.39, 0.29) is 11.6 Å². The number of allylic oxidation sites excluding steroid dienone is 1. The molecule has 2 nitrogen and oxygen atoms in total. The SMILES string of the molecule is O=C1/C(=C\c2csc(-c3ccc(F)cc3)n2)Cc2c(Cl)cccc21. The number of carbonyl (C=O) groups excluding carboxylic acids is 1. The Bertz CT molecular complexity index is 975. The maximum atomic E-state index is 13.0. The van der Waals surface area contributed by atoms with Crippen molar-refractivity contribution in [3.63, 3.8) is 0 Å². The summed E-state index contributed by atoms with van der Waals surface area (Å²) in [4.78, 5) is 17.0. The summed E-state index contributed by atoms with van der Waals surface area (Å²) in [5, 5.41) is 3.31. The Balaban J connectivity index is 1.65. The van der Waals surface area contributed by atoms with Crippen molar-refractivity contribution in [2.45, 2.75) is 6.42 Å². The van der Waals surface area contributed by atoms with Crippen molar-refractivity contribution < 1.29 is 9.18 Å². The number of nitrogens with zero attached hydrogens (tertiary/aromatic N) is 1. The first kappa shape index (κ1) is 15.2. The van der Waals surface area contributed by atoms with E-state index in [0.717, 1.165) is 21.8 Å². The van der Waals surface area contributed by atoms with Gasteiger partial charge in [-0.1, -0.05) is 23.7 Å². The summed E-state index contributed by atoms with van der Waals surface area (Å²) in [6.07, 6.45) is 2.33. The molecule has 0 spiro atoms. The lowest BCUT2D eigenvalue weighted by Crippen LogP contribution is -1.95. The van der Waals surface area contributed by atoms with E-state index in [2.05, 4.69) is 4.98 Å². The topological polar surface area (TPSA) is 30.0 Å². The van der Waals surface area contributed by atoms with Crippen LogP contribution in [0.15, 0.2) is 53.4 Å². The van der Waals surface area contributed by atoms with Crippen LogP contribution in [-0.2, 0) is 6.42 Å². The van der Waals surface area contributed by atoms with Crippen LogP contribution in [0.25, 0.3) is 16.6 Å². The Morgan fingerprint density at radius 1 is 1.17 bits per heavy atom. The van der Waals surface area contributed by atoms with Crippen LogP contribution in [0.3, 0.4) is 0 Å². The standard InChI is InChI=1S/C19H11ClFNOS/c20-17-3-1-2-15-16(17)9-12(18(15)23)8-14-10-24-19(22-14)11-4-6-13(21)7-5-11/h1-8,10H,9H2/b12-8-. The second-order valence-corrected chi connectivity index (χ2v) is 6.79. The number of benzene rings is 2. The van der Waals surface area contributed by atoms with Crippen molar-refractivity contribution in [1.29, 1.82) is 0 Å². The number of fused-ring (bicyclic) bond motifs is 1. The predicted octanol–water partition coefficient (Wildman–Crippen LogP) is 5.43. The summed E-state index contributed by atoms with van der Waals surface area (Å²) in [6, 6.07) is 11.6. The Morgan fingerprint density at radius 2 is 1.96 bits per heavy atom. The minimum absolute atomic E-state index is 0.00355. The molecule has 4 rings (SSSR count). The summed E-state index contributed by atoms with van der Waals surface area (Å²) in [7, 11) is 0. The van der Waals surface area contributed by atoms with Gasteiger partial charge in [0.2, 0.25) is 0 Å². The van der Waals surface area contributed by atoms with E-state index in [1.165, 1.54) is 23.5 Å². The highest BCUT2D eigenvalue weighted by Gasteiger charge is 2.26. The number of hydrogen-bond acceptors (Lipinski definition) is 3. The van der Waals surface area contributed by atoms with E-state index in [9.17, 15) is 9.18 Å². The predicted molar refractivity (Wildman–Crippen MR) is 95.0 cm³/mol. The van der Waals surface area contributed by atoms with Gasteiger partial charge >= 0.3 is 0 Å². The highest BCUT2D eigenvalue weighted by Crippen LogP contribution is 2.33. The fourth-order valence-corrected chi connectivity index (χ4v) is 3.79. The van der Waals surface area contributed by atoms with Gasteiger partial charge in [0, 0.05) is 33.5 Å². The molecular formula is C19H11ClFNOS. The molecule has 24 heavy (non-hydrogen) atoms. The van der Waals surface area contributed by atoms with Crippen LogP contribution in [0.5, 0.6) is 0 Å². The number of ketones is 1. The number of halogens is 2. The highest BCUT2D eigenvalue weighted by atomic mass is 35.5. The van der Waals surface area contributed by atoms with Gasteiger partial charge in [0.25, 0.3) is 0 Å². The number of thiazole rings is 1. The van der Waals surface area contributed by atoms with E-state index in [1.807, 2.05) is 11.5 Å². The first-order valence-corrected chi connectivity index (χ1v) is 8.62. The van der Waals surface area contributed by atoms with Gasteiger partial charge in [0.1, 0.15) is 10.8 Å². The summed E-state index contributed by atoms with van der Waals surface area (Å²) < 4.78 is 13.0. The van der Waals surface area contributed by atoms with Crippen molar-refractivity contribution in [2.24, 2.45) is 0 Å². The van der Waals surface area contributed by atoms with Crippen LogP contribution in [0.4, 0.5) is 4.39 Å². The van der Waals surface area contributed by atoms with Crippen LogP contribution in [-0.4, -0.2) is 10.8 Å². The van der Waals surface area contributed by atoms with Gasteiger partial charge in [-0.05, 0) is 42.0 Å². The largest absolute Gasteiger partial charge is 0.289 e. The van der Waals surface area contributed by atoms with Crippen LogP contribution >= 0.6 is 22.9 Å². The van der Waals surface area contributed by atoms with Gasteiger partial charge in [0.15, 0.2) is 5.78 Å². The number of rotatable bonds is 2. The minimum Gasteiger partial charge on any atom is -0.289 e. The molecule has 0 radical (unpaired) electrons. The van der Waals surface area contributed by atoms with Gasteiger partial charge in [-0.3, -0.25) is 4.79 Å². The molecule has 5 heteroatoms. The molecule has 0 saturated carbocycles. The zero-order valence-electron chi connectivity index (χ0n) is 12.4.